The van der Waals surface area contributed by atoms with Crippen molar-refractivity contribution >= 4 is 0 Å². The van der Waals surface area contributed by atoms with E-state index < -0.39 is 0 Å². The number of ether oxygens (including phenoxy) is 1. The van der Waals surface area contributed by atoms with Crippen LogP contribution in [-0.2, 0) is 6.42 Å². The summed E-state index contributed by atoms with van der Waals surface area (Å²) in [6.45, 7) is 4.56. The van der Waals surface area contributed by atoms with Gasteiger partial charge in [0.05, 0.1) is 7.11 Å². The van der Waals surface area contributed by atoms with Crippen molar-refractivity contribution in [2.24, 2.45) is 5.92 Å². The fourth-order valence-electron chi connectivity index (χ4n) is 1.86. The Morgan fingerprint density at radius 1 is 1.07 bits per heavy atom. The molecule has 0 atom stereocenters. The molecule has 84 valence electrons. The lowest BCUT2D eigenvalue weighted by Crippen LogP contribution is -1.99. The quantitative estimate of drug-likeness (QED) is 0.682. The molecule has 0 aromatic heterocycles. The highest BCUT2D eigenvalue weighted by atomic mass is 16.5. The minimum Gasteiger partial charge on any atom is -0.497 e. The molecule has 0 fully saturated rings. The first-order chi connectivity index (χ1) is 7.30. The Morgan fingerprint density at radius 2 is 1.67 bits per heavy atom. The van der Waals surface area contributed by atoms with E-state index in [-0.39, 0.29) is 0 Å². The van der Waals surface area contributed by atoms with Gasteiger partial charge in [-0.2, -0.15) is 0 Å². The number of hydrogen-bond acceptors (Lipinski definition) is 1. The van der Waals surface area contributed by atoms with Crippen LogP contribution in [0.15, 0.2) is 24.3 Å². The average molecular weight is 206 g/mol. The van der Waals surface area contributed by atoms with Crippen LogP contribution in [0.25, 0.3) is 0 Å². The van der Waals surface area contributed by atoms with Gasteiger partial charge in [-0.1, -0.05) is 38.8 Å². The smallest absolute Gasteiger partial charge is 0.118 e. The number of benzene rings is 1. The van der Waals surface area contributed by atoms with Crippen molar-refractivity contribution in [3.8, 4) is 5.75 Å². The third-order valence-electron chi connectivity index (χ3n) is 3.16. The van der Waals surface area contributed by atoms with Gasteiger partial charge < -0.3 is 4.74 Å². The molecule has 0 radical (unpaired) electrons. The molecule has 1 nitrogen and oxygen atoms in total. The first kappa shape index (κ1) is 12.1. The van der Waals surface area contributed by atoms with Crippen molar-refractivity contribution in [1.29, 1.82) is 0 Å². The molecule has 1 aromatic carbocycles. The first-order valence-corrected chi connectivity index (χ1v) is 5.93. The summed E-state index contributed by atoms with van der Waals surface area (Å²) in [7, 11) is 1.71. The molecular weight excluding hydrogens is 184 g/mol. The second-order valence-electron chi connectivity index (χ2n) is 4.07. The Morgan fingerprint density at radius 3 is 2.13 bits per heavy atom. The number of methoxy groups -OCH3 is 1. The molecule has 1 aromatic rings. The molecule has 0 unspecified atom stereocenters. The average Bonchev–Trinajstić information content (AvgIpc) is 2.31. The summed E-state index contributed by atoms with van der Waals surface area (Å²) in [4.78, 5) is 0. The van der Waals surface area contributed by atoms with Gasteiger partial charge in [0.15, 0.2) is 0 Å². The van der Waals surface area contributed by atoms with Crippen LogP contribution in [0.2, 0.25) is 0 Å². The number of hydrogen-bond donors (Lipinski definition) is 0. The van der Waals surface area contributed by atoms with Crippen LogP contribution >= 0.6 is 0 Å². The lowest BCUT2D eigenvalue weighted by molar-refractivity contribution is 0.414. The Kier molecular flexibility index (Phi) is 5.23. The first-order valence-electron chi connectivity index (χ1n) is 5.93. The summed E-state index contributed by atoms with van der Waals surface area (Å²) in [5, 5.41) is 0. The Balaban J connectivity index is 2.43. The molecule has 0 saturated heterocycles. The van der Waals surface area contributed by atoms with Crippen LogP contribution in [-0.4, -0.2) is 7.11 Å². The zero-order valence-corrected chi connectivity index (χ0v) is 10.1. The molecule has 1 rings (SSSR count). The Hall–Kier alpha value is -0.980. The molecule has 0 aliphatic heterocycles. The van der Waals surface area contributed by atoms with Crippen molar-refractivity contribution in [1.82, 2.24) is 0 Å². The van der Waals surface area contributed by atoms with Crippen LogP contribution in [0.4, 0.5) is 0 Å². The van der Waals surface area contributed by atoms with Crippen LogP contribution < -0.4 is 4.74 Å². The molecule has 0 N–H and O–H groups in total. The van der Waals surface area contributed by atoms with Crippen molar-refractivity contribution in [2.75, 3.05) is 7.11 Å². The topological polar surface area (TPSA) is 9.23 Å². The van der Waals surface area contributed by atoms with E-state index >= 15 is 0 Å². The van der Waals surface area contributed by atoms with Gasteiger partial charge in [0.1, 0.15) is 5.75 Å². The zero-order chi connectivity index (χ0) is 11.1. The second-order valence-corrected chi connectivity index (χ2v) is 4.07. The normalized spacial score (nSPS) is 10.7. The summed E-state index contributed by atoms with van der Waals surface area (Å²) in [5.74, 6) is 1.83. The molecule has 0 aliphatic rings. The van der Waals surface area contributed by atoms with Crippen molar-refractivity contribution in [3.63, 3.8) is 0 Å². The van der Waals surface area contributed by atoms with Crippen molar-refractivity contribution < 1.29 is 4.74 Å². The summed E-state index contributed by atoms with van der Waals surface area (Å²) in [6, 6.07) is 8.42. The maximum absolute atomic E-state index is 5.14. The van der Waals surface area contributed by atoms with Gasteiger partial charge in [0, 0.05) is 0 Å². The van der Waals surface area contributed by atoms with E-state index in [4.69, 9.17) is 4.74 Å². The van der Waals surface area contributed by atoms with E-state index in [9.17, 15) is 0 Å². The van der Waals surface area contributed by atoms with Crippen LogP contribution in [0.1, 0.15) is 38.7 Å². The van der Waals surface area contributed by atoms with Gasteiger partial charge in [0.2, 0.25) is 0 Å². The van der Waals surface area contributed by atoms with Gasteiger partial charge >= 0.3 is 0 Å². The molecule has 0 amide bonds. The van der Waals surface area contributed by atoms with Gasteiger partial charge in [-0.3, -0.25) is 0 Å². The minimum absolute atomic E-state index is 0.882. The molecule has 0 saturated carbocycles. The SMILES string of the molecule is CCC(CC)CCc1ccc(OC)cc1. The Labute approximate surface area is 93.5 Å². The molecule has 0 bridgehead atoms. The summed E-state index contributed by atoms with van der Waals surface area (Å²) in [6.07, 6.45) is 5.09. The highest BCUT2D eigenvalue weighted by molar-refractivity contribution is 5.27. The third-order valence-corrected chi connectivity index (χ3v) is 3.16. The van der Waals surface area contributed by atoms with Crippen LogP contribution in [0.5, 0.6) is 5.75 Å². The highest BCUT2D eigenvalue weighted by Gasteiger charge is 2.03. The standard InChI is InChI=1S/C14H22O/c1-4-12(5-2)6-7-13-8-10-14(15-3)11-9-13/h8-12H,4-7H2,1-3H3. The predicted molar refractivity (Wildman–Crippen MR) is 65.4 cm³/mol. The summed E-state index contributed by atoms with van der Waals surface area (Å²) < 4.78 is 5.14. The molecular formula is C14H22O. The van der Waals surface area contributed by atoms with E-state index in [0.29, 0.717) is 0 Å². The van der Waals surface area contributed by atoms with E-state index in [1.165, 1.54) is 31.2 Å². The van der Waals surface area contributed by atoms with Crippen LogP contribution in [0, 0.1) is 5.92 Å². The fraction of sp³-hybridized carbons (Fsp3) is 0.571. The van der Waals surface area contributed by atoms with E-state index in [1.54, 1.807) is 7.11 Å². The maximum Gasteiger partial charge on any atom is 0.118 e. The van der Waals surface area contributed by atoms with Crippen molar-refractivity contribution in [2.45, 2.75) is 39.5 Å². The summed E-state index contributed by atoms with van der Waals surface area (Å²) >= 11 is 0. The molecule has 0 aliphatic carbocycles. The minimum atomic E-state index is 0.882. The molecule has 1 heteroatoms. The van der Waals surface area contributed by atoms with Gasteiger partial charge in [-0.05, 0) is 36.5 Å². The third kappa shape index (κ3) is 3.94. The monoisotopic (exact) mass is 206 g/mol. The lowest BCUT2D eigenvalue weighted by Gasteiger charge is -2.11. The van der Waals surface area contributed by atoms with Gasteiger partial charge in [-0.25, -0.2) is 0 Å². The van der Waals surface area contributed by atoms with Gasteiger partial charge in [0.25, 0.3) is 0 Å². The highest BCUT2D eigenvalue weighted by Crippen LogP contribution is 2.18. The number of rotatable bonds is 6. The van der Waals surface area contributed by atoms with E-state index in [2.05, 4.69) is 26.0 Å². The molecule has 0 heterocycles. The molecule has 15 heavy (non-hydrogen) atoms. The predicted octanol–water partition coefficient (Wildman–Crippen LogP) is 4.06. The summed E-state index contributed by atoms with van der Waals surface area (Å²) in [5.41, 5.74) is 1.42. The van der Waals surface area contributed by atoms with Gasteiger partial charge in [-0.15, -0.1) is 0 Å². The Bertz CT molecular complexity index is 259. The number of aryl methyl sites for hydroxylation is 1. The van der Waals surface area contributed by atoms with E-state index in [1.807, 2.05) is 12.1 Å². The largest absolute Gasteiger partial charge is 0.497 e. The zero-order valence-electron chi connectivity index (χ0n) is 10.1. The van der Waals surface area contributed by atoms with Crippen molar-refractivity contribution in [3.05, 3.63) is 29.8 Å². The second kappa shape index (κ2) is 6.49. The fourth-order valence-corrected chi connectivity index (χ4v) is 1.86. The van der Waals surface area contributed by atoms with E-state index in [0.717, 1.165) is 11.7 Å². The van der Waals surface area contributed by atoms with Crippen LogP contribution in [0.3, 0.4) is 0 Å². The molecule has 0 spiro atoms. The maximum atomic E-state index is 5.14. The lowest BCUT2D eigenvalue weighted by atomic mass is 9.95.